The fraction of sp³-hybridized carbons (Fsp3) is 0.367. The number of ether oxygens (including phenoxy) is 3. The van der Waals surface area contributed by atoms with Gasteiger partial charge in [0.05, 0.1) is 40.0 Å². The first-order valence-electron chi connectivity index (χ1n) is 12.6. The molecule has 0 bridgehead atoms. The largest absolute Gasteiger partial charge is 0.497 e. The first-order valence-corrected chi connectivity index (χ1v) is 12.6. The van der Waals surface area contributed by atoms with E-state index in [0.29, 0.717) is 12.3 Å². The molecule has 2 aliphatic heterocycles. The van der Waals surface area contributed by atoms with Gasteiger partial charge in [-0.25, -0.2) is 0 Å². The number of amides is 1. The van der Waals surface area contributed by atoms with Crippen molar-refractivity contribution in [3.63, 3.8) is 0 Å². The Morgan fingerprint density at radius 3 is 2.36 bits per heavy atom. The summed E-state index contributed by atoms with van der Waals surface area (Å²) in [6.07, 6.45) is 2.84. The minimum atomic E-state index is -0.0309. The van der Waals surface area contributed by atoms with Gasteiger partial charge in [-0.15, -0.1) is 0 Å². The number of methoxy groups -OCH3 is 3. The molecule has 0 aliphatic carbocycles. The van der Waals surface area contributed by atoms with E-state index in [-0.39, 0.29) is 18.0 Å². The van der Waals surface area contributed by atoms with Crippen molar-refractivity contribution in [2.45, 2.75) is 31.3 Å². The summed E-state index contributed by atoms with van der Waals surface area (Å²) in [6.45, 7) is 1.95. The van der Waals surface area contributed by atoms with Gasteiger partial charge in [0.25, 0.3) is 0 Å². The Labute approximate surface area is 213 Å². The zero-order valence-corrected chi connectivity index (χ0v) is 21.3. The minimum Gasteiger partial charge on any atom is -0.497 e. The number of nitrogens with zero attached hydrogens (tertiary/aromatic N) is 2. The molecule has 6 nitrogen and oxygen atoms in total. The molecule has 0 N–H and O–H groups in total. The zero-order valence-electron chi connectivity index (χ0n) is 21.3. The Bertz CT molecular complexity index is 1210. The van der Waals surface area contributed by atoms with E-state index in [0.717, 1.165) is 49.4 Å². The Kier molecular flexibility index (Phi) is 7.14. The molecule has 6 heteroatoms. The molecule has 1 fully saturated rings. The molecule has 3 aromatic rings. The molecule has 3 aromatic carbocycles. The fourth-order valence-electron chi connectivity index (χ4n) is 5.72. The van der Waals surface area contributed by atoms with Crippen LogP contribution in [0.5, 0.6) is 17.2 Å². The van der Waals surface area contributed by atoms with Gasteiger partial charge in [-0.3, -0.25) is 9.69 Å². The molecule has 1 saturated heterocycles. The topological polar surface area (TPSA) is 51.2 Å². The number of hydrogen-bond acceptors (Lipinski definition) is 5. The molecule has 188 valence electrons. The maximum absolute atomic E-state index is 13.8. The van der Waals surface area contributed by atoms with E-state index in [1.807, 2.05) is 18.2 Å². The molecule has 2 aliphatic rings. The van der Waals surface area contributed by atoms with Crippen LogP contribution in [0.15, 0.2) is 66.7 Å². The van der Waals surface area contributed by atoms with Crippen molar-refractivity contribution in [3.05, 3.63) is 89.0 Å². The smallest absolute Gasteiger partial charge is 0.237 e. The third kappa shape index (κ3) is 4.65. The zero-order chi connectivity index (χ0) is 25.1. The summed E-state index contributed by atoms with van der Waals surface area (Å²) in [4.78, 5) is 18.1. The molecular weight excluding hydrogens is 452 g/mol. The van der Waals surface area contributed by atoms with Gasteiger partial charge in [-0.05, 0) is 65.8 Å². The highest BCUT2D eigenvalue weighted by atomic mass is 16.5. The van der Waals surface area contributed by atoms with Gasteiger partial charge in [-0.2, -0.15) is 0 Å². The lowest BCUT2D eigenvalue weighted by molar-refractivity contribution is -0.133. The molecule has 0 saturated carbocycles. The van der Waals surface area contributed by atoms with E-state index in [9.17, 15) is 4.79 Å². The van der Waals surface area contributed by atoms with Crippen LogP contribution < -0.4 is 14.2 Å². The summed E-state index contributed by atoms with van der Waals surface area (Å²) in [6, 6.07) is 22.8. The van der Waals surface area contributed by atoms with Crippen LogP contribution in [0.3, 0.4) is 0 Å². The number of likely N-dealkylation sites (tertiary alicyclic amines) is 1. The van der Waals surface area contributed by atoms with Crippen LogP contribution >= 0.6 is 0 Å². The quantitative estimate of drug-likeness (QED) is 0.469. The highest BCUT2D eigenvalue weighted by molar-refractivity contribution is 5.79. The predicted octanol–water partition coefficient (Wildman–Crippen LogP) is 5.02. The summed E-state index contributed by atoms with van der Waals surface area (Å²) in [5, 5.41) is 0. The number of benzene rings is 3. The van der Waals surface area contributed by atoms with E-state index in [2.05, 4.69) is 58.3 Å². The molecule has 2 unspecified atom stereocenters. The number of fused-ring (bicyclic) bond motifs is 1. The number of carbonyl (C=O) groups is 1. The van der Waals surface area contributed by atoms with Crippen molar-refractivity contribution in [2.24, 2.45) is 0 Å². The fourth-order valence-corrected chi connectivity index (χ4v) is 5.72. The van der Waals surface area contributed by atoms with Crippen LogP contribution in [0, 0.1) is 0 Å². The Morgan fingerprint density at radius 2 is 1.61 bits per heavy atom. The summed E-state index contributed by atoms with van der Waals surface area (Å²) in [5.41, 5.74) is 4.72. The second-order valence-electron chi connectivity index (χ2n) is 9.46. The van der Waals surface area contributed by atoms with Crippen LogP contribution in [-0.2, 0) is 11.2 Å². The Hall–Kier alpha value is -3.51. The Morgan fingerprint density at radius 1 is 0.861 bits per heavy atom. The lowest BCUT2D eigenvalue weighted by atomic mass is 9.87. The third-order valence-electron chi connectivity index (χ3n) is 7.48. The normalized spacial score (nSPS) is 19.6. The number of rotatable bonds is 7. The van der Waals surface area contributed by atoms with Crippen molar-refractivity contribution in [2.75, 3.05) is 41.0 Å². The summed E-state index contributed by atoms with van der Waals surface area (Å²) in [5.74, 6) is 2.45. The monoisotopic (exact) mass is 486 g/mol. The van der Waals surface area contributed by atoms with Crippen molar-refractivity contribution in [1.29, 1.82) is 0 Å². The van der Waals surface area contributed by atoms with E-state index in [1.165, 1.54) is 16.7 Å². The van der Waals surface area contributed by atoms with E-state index < -0.39 is 0 Å². The van der Waals surface area contributed by atoms with E-state index in [4.69, 9.17) is 14.2 Å². The minimum absolute atomic E-state index is 0.0309. The van der Waals surface area contributed by atoms with Gasteiger partial charge in [0.1, 0.15) is 5.75 Å². The lowest BCUT2D eigenvalue weighted by Gasteiger charge is -2.39. The van der Waals surface area contributed by atoms with Crippen LogP contribution in [0.2, 0.25) is 0 Å². The third-order valence-corrected chi connectivity index (χ3v) is 7.48. The average Bonchev–Trinajstić information content (AvgIpc) is 3.43. The first kappa shape index (κ1) is 24.2. The highest BCUT2D eigenvalue weighted by Gasteiger charge is 2.35. The van der Waals surface area contributed by atoms with E-state index >= 15 is 0 Å². The van der Waals surface area contributed by atoms with Crippen LogP contribution in [0.4, 0.5) is 0 Å². The maximum atomic E-state index is 13.8. The van der Waals surface area contributed by atoms with Crippen LogP contribution in [-0.4, -0.2) is 56.7 Å². The SMILES string of the molecule is COc1cccc(C2CCCN2C(=O)CN2CCc3cc(OC)c(OC)cc3C2c2ccccc2)c1. The lowest BCUT2D eigenvalue weighted by Crippen LogP contribution is -2.44. The predicted molar refractivity (Wildman–Crippen MR) is 140 cm³/mol. The molecule has 0 aromatic heterocycles. The maximum Gasteiger partial charge on any atom is 0.237 e. The van der Waals surface area contributed by atoms with Gasteiger partial charge in [0.2, 0.25) is 5.91 Å². The van der Waals surface area contributed by atoms with Gasteiger partial charge in [0.15, 0.2) is 11.5 Å². The molecule has 0 spiro atoms. The van der Waals surface area contributed by atoms with Crippen molar-refractivity contribution in [1.82, 2.24) is 9.80 Å². The summed E-state index contributed by atoms with van der Waals surface area (Å²) < 4.78 is 16.6. The summed E-state index contributed by atoms with van der Waals surface area (Å²) >= 11 is 0. The summed E-state index contributed by atoms with van der Waals surface area (Å²) in [7, 11) is 5.01. The number of hydrogen-bond donors (Lipinski definition) is 0. The van der Waals surface area contributed by atoms with Crippen molar-refractivity contribution < 1.29 is 19.0 Å². The van der Waals surface area contributed by atoms with Gasteiger partial charge < -0.3 is 19.1 Å². The molecule has 36 heavy (non-hydrogen) atoms. The Balaban J connectivity index is 1.44. The second kappa shape index (κ2) is 10.6. The van der Waals surface area contributed by atoms with Crippen molar-refractivity contribution >= 4 is 5.91 Å². The standard InChI is InChI=1S/C30H34N2O4/c1-34-24-12-7-11-23(17-24)26-13-8-15-32(26)29(33)20-31-16-14-22-18-27(35-2)28(36-3)19-25(22)30(31)21-9-5-4-6-10-21/h4-7,9-12,17-19,26,30H,8,13-16,20H2,1-3H3. The first-order chi connectivity index (χ1) is 17.6. The molecule has 1 amide bonds. The molecule has 2 heterocycles. The van der Waals surface area contributed by atoms with Crippen LogP contribution in [0.1, 0.15) is 47.2 Å². The molecule has 2 atom stereocenters. The molecule has 0 radical (unpaired) electrons. The molecular formula is C30H34N2O4. The second-order valence-corrected chi connectivity index (χ2v) is 9.46. The molecule has 5 rings (SSSR count). The number of carbonyl (C=O) groups excluding carboxylic acids is 1. The van der Waals surface area contributed by atoms with Gasteiger partial charge >= 0.3 is 0 Å². The van der Waals surface area contributed by atoms with E-state index in [1.54, 1.807) is 21.3 Å². The van der Waals surface area contributed by atoms with Gasteiger partial charge in [-0.1, -0.05) is 42.5 Å². The average molecular weight is 487 g/mol. The van der Waals surface area contributed by atoms with Gasteiger partial charge in [0, 0.05) is 13.1 Å². The van der Waals surface area contributed by atoms with Crippen molar-refractivity contribution in [3.8, 4) is 17.2 Å². The van der Waals surface area contributed by atoms with Crippen LogP contribution in [0.25, 0.3) is 0 Å². The highest BCUT2D eigenvalue weighted by Crippen LogP contribution is 2.41.